The third kappa shape index (κ3) is 3.34. The number of nitrogens with zero attached hydrogens (tertiary/aromatic N) is 2. The number of amides is 2. The van der Waals surface area contributed by atoms with Gasteiger partial charge in [-0.25, -0.2) is 0 Å². The van der Waals surface area contributed by atoms with Gasteiger partial charge in [-0.15, -0.1) is 0 Å². The predicted octanol–water partition coefficient (Wildman–Crippen LogP) is 5.07. The number of fused-ring (bicyclic) bond motifs is 2. The molecule has 2 unspecified atom stereocenters. The van der Waals surface area contributed by atoms with E-state index in [1.165, 1.54) is 0 Å². The lowest BCUT2D eigenvalue weighted by Crippen LogP contribution is -2.44. The molecule has 172 valence electrons. The second-order valence-corrected chi connectivity index (χ2v) is 8.67. The van der Waals surface area contributed by atoms with E-state index >= 15 is 0 Å². The Morgan fingerprint density at radius 3 is 2.41 bits per heavy atom. The number of hydrogen-bond acceptors (Lipinski definition) is 3. The number of para-hydroxylation sites is 1. The third-order valence-electron chi connectivity index (χ3n) is 6.87. The lowest BCUT2D eigenvalue weighted by Gasteiger charge is -2.31. The first-order chi connectivity index (χ1) is 16.4. The molecule has 0 saturated heterocycles. The van der Waals surface area contributed by atoms with Crippen LogP contribution < -0.4 is 10.1 Å². The molecule has 4 aromatic rings. The second-order valence-electron chi connectivity index (χ2n) is 8.67. The Morgan fingerprint density at radius 1 is 1.00 bits per heavy atom. The average molecular weight is 454 g/mol. The maximum atomic E-state index is 13.6. The van der Waals surface area contributed by atoms with E-state index < -0.39 is 6.04 Å². The summed E-state index contributed by atoms with van der Waals surface area (Å²) in [6, 6.07) is 22.0. The first-order valence-electron chi connectivity index (χ1n) is 11.3. The van der Waals surface area contributed by atoms with Crippen LogP contribution in [0.1, 0.15) is 40.1 Å². The summed E-state index contributed by atoms with van der Waals surface area (Å²) in [5.41, 5.74) is 5.45. The Kier molecular flexibility index (Phi) is 5.36. The van der Waals surface area contributed by atoms with Crippen molar-refractivity contribution < 1.29 is 14.3 Å². The summed E-state index contributed by atoms with van der Waals surface area (Å²) in [6.45, 7) is 3.86. The van der Waals surface area contributed by atoms with Crippen LogP contribution in [0, 0.1) is 6.92 Å². The lowest BCUT2D eigenvalue weighted by molar-refractivity contribution is -0.120. The van der Waals surface area contributed by atoms with Crippen LogP contribution in [0.25, 0.3) is 10.9 Å². The molecule has 1 aliphatic heterocycles. The van der Waals surface area contributed by atoms with E-state index in [4.69, 9.17) is 4.74 Å². The van der Waals surface area contributed by atoms with E-state index in [2.05, 4.69) is 28.9 Å². The Labute approximate surface area is 198 Å². The van der Waals surface area contributed by atoms with Gasteiger partial charge in [-0.3, -0.25) is 9.59 Å². The largest absolute Gasteiger partial charge is 0.497 e. The number of anilines is 1. The molecule has 5 rings (SSSR count). The number of carbonyl (C=O) groups excluding carboxylic acids is 2. The van der Waals surface area contributed by atoms with Crippen LogP contribution in [0.5, 0.6) is 5.75 Å². The SMILES string of the molecule is COc1ccc(NC(=O)C(C)N2C(=O)c3ccccc3C2c2c(C)n(C)c3ccccc23)cc1. The Bertz CT molecular complexity index is 1400. The zero-order chi connectivity index (χ0) is 24.0. The maximum absolute atomic E-state index is 13.6. The van der Waals surface area contributed by atoms with Crippen LogP contribution in [-0.4, -0.2) is 34.4 Å². The molecule has 1 N–H and O–H groups in total. The summed E-state index contributed by atoms with van der Waals surface area (Å²) in [7, 11) is 3.63. The number of carbonyl (C=O) groups is 2. The van der Waals surface area contributed by atoms with Gasteiger partial charge in [-0.05, 0) is 55.8 Å². The van der Waals surface area contributed by atoms with Crippen molar-refractivity contribution in [2.45, 2.75) is 25.9 Å². The Morgan fingerprint density at radius 2 is 1.68 bits per heavy atom. The van der Waals surface area contributed by atoms with Gasteiger partial charge >= 0.3 is 0 Å². The molecule has 2 amide bonds. The fraction of sp³-hybridized carbons (Fsp3) is 0.214. The molecule has 0 fully saturated rings. The van der Waals surface area contributed by atoms with Crippen molar-refractivity contribution in [3.63, 3.8) is 0 Å². The van der Waals surface area contributed by atoms with E-state index in [0.717, 1.165) is 27.7 Å². The van der Waals surface area contributed by atoms with Crippen molar-refractivity contribution in [1.29, 1.82) is 0 Å². The van der Waals surface area contributed by atoms with Crippen molar-refractivity contribution in [1.82, 2.24) is 9.47 Å². The van der Waals surface area contributed by atoms with E-state index in [-0.39, 0.29) is 17.9 Å². The minimum absolute atomic E-state index is 0.134. The minimum Gasteiger partial charge on any atom is -0.497 e. The van der Waals surface area contributed by atoms with Crippen LogP contribution in [-0.2, 0) is 11.8 Å². The van der Waals surface area contributed by atoms with Crippen molar-refractivity contribution in [2.75, 3.05) is 12.4 Å². The molecule has 2 heterocycles. The van der Waals surface area contributed by atoms with Gasteiger partial charge < -0.3 is 19.5 Å². The third-order valence-corrected chi connectivity index (χ3v) is 6.87. The monoisotopic (exact) mass is 453 g/mol. The normalized spacial score (nSPS) is 15.9. The number of aromatic nitrogens is 1. The molecule has 0 aliphatic carbocycles. The minimum atomic E-state index is -0.689. The quantitative estimate of drug-likeness (QED) is 0.459. The van der Waals surface area contributed by atoms with Crippen LogP contribution in [0.4, 0.5) is 5.69 Å². The zero-order valence-electron chi connectivity index (χ0n) is 19.7. The van der Waals surface area contributed by atoms with Gasteiger partial charge in [-0.1, -0.05) is 36.4 Å². The molecule has 0 spiro atoms. The molecule has 34 heavy (non-hydrogen) atoms. The van der Waals surface area contributed by atoms with Gasteiger partial charge in [0.25, 0.3) is 5.91 Å². The number of benzene rings is 3. The predicted molar refractivity (Wildman–Crippen MR) is 133 cm³/mol. The fourth-order valence-electron chi connectivity index (χ4n) is 4.97. The van der Waals surface area contributed by atoms with Crippen molar-refractivity contribution in [3.8, 4) is 5.75 Å². The molecule has 3 aromatic carbocycles. The molecular weight excluding hydrogens is 426 g/mol. The molecule has 0 bridgehead atoms. The molecule has 1 aliphatic rings. The molecule has 6 heteroatoms. The van der Waals surface area contributed by atoms with E-state index in [1.54, 1.807) is 43.2 Å². The number of hydrogen-bond donors (Lipinski definition) is 1. The molecule has 6 nitrogen and oxygen atoms in total. The summed E-state index contributed by atoms with van der Waals surface area (Å²) in [5, 5.41) is 4.04. The molecule has 0 radical (unpaired) electrons. The molecule has 0 saturated carbocycles. The van der Waals surface area contributed by atoms with Gasteiger partial charge in [0.1, 0.15) is 11.8 Å². The van der Waals surface area contributed by atoms with E-state index in [9.17, 15) is 9.59 Å². The first-order valence-corrected chi connectivity index (χ1v) is 11.3. The Balaban J connectivity index is 1.58. The van der Waals surface area contributed by atoms with E-state index in [0.29, 0.717) is 17.0 Å². The van der Waals surface area contributed by atoms with Crippen LogP contribution >= 0.6 is 0 Å². The van der Waals surface area contributed by atoms with Gasteiger partial charge in [0, 0.05) is 40.5 Å². The number of methoxy groups -OCH3 is 1. The average Bonchev–Trinajstić information content (AvgIpc) is 3.29. The smallest absolute Gasteiger partial charge is 0.255 e. The van der Waals surface area contributed by atoms with Crippen molar-refractivity contribution in [2.24, 2.45) is 7.05 Å². The van der Waals surface area contributed by atoms with Crippen LogP contribution in [0.2, 0.25) is 0 Å². The first kappa shape index (κ1) is 21.8. The number of rotatable bonds is 5. The molecule has 1 aromatic heterocycles. The van der Waals surface area contributed by atoms with Crippen molar-refractivity contribution >= 4 is 28.4 Å². The highest BCUT2D eigenvalue weighted by molar-refractivity contribution is 6.05. The second kappa shape index (κ2) is 8.37. The van der Waals surface area contributed by atoms with Crippen LogP contribution in [0.3, 0.4) is 0 Å². The molecule has 2 atom stereocenters. The number of ether oxygens (including phenoxy) is 1. The van der Waals surface area contributed by atoms with Gasteiger partial charge in [-0.2, -0.15) is 0 Å². The summed E-state index contributed by atoms with van der Waals surface area (Å²) in [4.78, 5) is 28.7. The van der Waals surface area contributed by atoms with Gasteiger partial charge in [0.05, 0.1) is 13.2 Å². The maximum Gasteiger partial charge on any atom is 0.255 e. The highest BCUT2D eigenvalue weighted by Gasteiger charge is 2.43. The summed E-state index contributed by atoms with van der Waals surface area (Å²) in [6.07, 6.45) is 0. The van der Waals surface area contributed by atoms with Gasteiger partial charge in [0.2, 0.25) is 5.91 Å². The van der Waals surface area contributed by atoms with Crippen LogP contribution in [0.15, 0.2) is 72.8 Å². The van der Waals surface area contributed by atoms with Crippen molar-refractivity contribution in [3.05, 3.63) is 95.2 Å². The number of aryl methyl sites for hydroxylation is 1. The zero-order valence-corrected chi connectivity index (χ0v) is 19.7. The molecular formula is C28H27N3O3. The fourth-order valence-corrected chi connectivity index (χ4v) is 4.97. The highest BCUT2D eigenvalue weighted by Crippen LogP contribution is 2.44. The summed E-state index contributed by atoms with van der Waals surface area (Å²) in [5.74, 6) is 0.335. The van der Waals surface area contributed by atoms with Gasteiger partial charge in [0.15, 0.2) is 0 Å². The lowest BCUT2D eigenvalue weighted by atomic mass is 9.95. The summed E-state index contributed by atoms with van der Waals surface area (Å²) >= 11 is 0. The topological polar surface area (TPSA) is 63.6 Å². The van der Waals surface area contributed by atoms with E-state index in [1.807, 2.05) is 43.4 Å². The number of nitrogens with one attached hydrogen (secondary N) is 1. The standard InChI is InChI=1S/C28H27N3O3/c1-17-25(23-11-7-8-12-24(23)30(17)3)26-21-9-5-6-10-22(21)28(33)31(26)18(2)27(32)29-19-13-15-20(34-4)16-14-19/h5-16,18,26H,1-4H3,(H,29,32). The Hall–Kier alpha value is -4.06. The summed E-state index contributed by atoms with van der Waals surface area (Å²) < 4.78 is 7.35. The highest BCUT2D eigenvalue weighted by atomic mass is 16.5.